The van der Waals surface area contributed by atoms with Gasteiger partial charge in [0.25, 0.3) is 0 Å². The molecule has 7 nitrogen and oxygen atoms in total. The average molecular weight is 398 g/mol. The summed E-state index contributed by atoms with van der Waals surface area (Å²) >= 11 is 0. The molecule has 2 unspecified atom stereocenters. The van der Waals surface area contributed by atoms with Crippen molar-refractivity contribution in [3.05, 3.63) is 42.0 Å². The highest BCUT2D eigenvalue weighted by Crippen LogP contribution is 2.52. The van der Waals surface area contributed by atoms with Crippen molar-refractivity contribution in [1.29, 1.82) is 0 Å². The fraction of sp³-hybridized carbons (Fsp3) is 0.545. The molecule has 3 saturated heterocycles. The zero-order valence-corrected chi connectivity index (χ0v) is 16.6. The minimum absolute atomic E-state index is 0.00379. The SMILES string of the molecule is COc1cccc(CN2C[C@]34C=C[C@H](O3)C(C(=O)N3CCCOCC3)C4C2=O)c1. The summed E-state index contributed by atoms with van der Waals surface area (Å²) in [4.78, 5) is 30.4. The van der Waals surface area contributed by atoms with E-state index >= 15 is 0 Å². The van der Waals surface area contributed by atoms with E-state index in [-0.39, 0.29) is 17.9 Å². The molecule has 7 heteroatoms. The van der Waals surface area contributed by atoms with E-state index in [0.29, 0.717) is 39.4 Å². The van der Waals surface area contributed by atoms with E-state index in [0.717, 1.165) is 17.7 Å². The summed E-state index contributed by atoms with van der Waals surface area (Å²) in [6, 6.07) is 7.72. The van der Waals surface area contributed by atoms with Crippen molar-refractivity contribution in [1.82, 2.24) is 9.80 Å². The van der Waals surface area contributed by atoms with Gasteiger partial charge in [0.1, 0.15) is 11.4 Å². The smallest absolute Gasteiger partial charge is 0.230 e. The first kappa shape index (κ1) is 18.6. The number of methoxy groups -OCH3 is 1. The predicted molar refractivity (Wildman–Crippen MR) is 104 cm³/mol. The number of benzene rings is 1. The second-order valence-electron chi connectivity index (χ2n) is 8.24. The molecule has 0 saturated carbocycles. The molecule has 4 heterocycles. The van der Waals surface area contributed by atoms with Crippen LogP contribution in [0.1, 0.15) is 12.0 Å². The molecule has 4 aliphatic rings. The normalized spacial score (nSPS) is 33.1. The molecule has 5 rings (SSSR count). The lowest BCUT2D eigenvalue weighted by Gasteiger charge is -2.29. The number of likely N-dealkylation sites (tertiary alicyclic amines) is 1. The minimum atomic E-state index is -0.677. The Kier molecular flexibility index (Phi) is 4.59. The van der Waals surface area contributed by atoms with Crippen LogP contribution in [0.4, 0.5) is 0 Å². The van der Waals surface area contributed by atoms with Crippen molar-refractivity contribution < 1.29 is 23.8 Å². The van der Waals surface area contributed by atoms with Gasteiger partial charge in [-0.3, -0.25) is 9.59 Å². The van der Waals surface area contributed by atoms with Crippen LogP contribution in [0, 0.1) is 11.8 Å². The third-order valence-electron chi connectivity index (χ3n) is 6.51. The van der Waals surface area contributed by atoms with E-state index in [9.17, 15) is 9.59 Å². The van der Waals surface area contributed by atoms with Gasteiger partial charge < -0.3 is 24.0 Å². The molecular weight excluding hydrogens is 372 g/mol. The Bertz CT molecular complexity index is 847. The molecule has 0 radical (unpaired) electrons. The highest BCUT2D eigenvalue weighted by molar-refractivity contribution is 5.93. The van der Waals surface area contributed by atoms with Crippen LogP contribution in [-0.4, -0.2) is 73.3 Å². The van der Waals surface area contributed by atoms with Crippen LogP contribution in [0.15, 0.2) is 36.4 Å². The summed E-state index contributed by atoms with van der Waals surface area (Å²) < 4.78 is 17.0. The van der Waals surface area contributed by atoms with Crippen LogP contribution < -0.4 is 4.74 Å². The second-order valence-corrected chi connectivity index (χ2v) is 8.24. The molecule has 3 fully saturated rings. The zero-order valence-electron chi connectivity index (χ0n) is 16.6. The largest absolute Gasteiger partial charge is 0.497 e. The molecule has 4 aliphatic heterocycles. The number of rotatable bonds is 4. The molecule has 2 bridgehead atoms. The molecule has 1 aromatic carbocycles. The van der Waals surface area contributed by atoms with Gasteiger partial charge in [-0.1, -0.05) is 24.3 Å². The van der Waals surface area contributed by atoms with Crippen LogP contribution in [0.25, 0.3) is 0 Å². The number of carbonyl (C=O) groups excluding carboxylic acids is 2. The van der Waals surface area contributed by atoms with E-state index in [1.54, 1.807) is 7.11 Å². The number of nitrogens with zero attached hydrogens (tertiary/aromatic N) is 2. The Morgan fingerprint density at radius 2 is 2.21 bits per heavy atom. The van der Waals surface area contributed by atoms with Gasteiger partial charge in [0.2, 0.25) is 11.8 Å². The number of ether oxygens (including phenoxy) is 3. The van der Waals surface area contributed by atoms with Gasteiger partial charge in [0.15, 0.2) is 0 Å². The van der Waals surface area contributed by atoms with Crippen LogP contribution in [0.5, 0.6) is 5.75 Å². The van der Waals surface area contributed by atoms with Gasteiger partial charge in [-0.2, -0.15) is 0 Å². The molecule has 0 N–H and O–H groups in total. The highest BCUT2D eigenvalue weighted by Gasteiger charge is 2.67. The number of hydrogen-bond donors (Lipinski definition) is 0. The third kappa shape index (κ3) is 3.04. The fourth-order valence-electron chi connectivity index (χ4n) is 5.16. The van der Waals surface area contributed by atoms with Gasteiger partial charge in [0, 0.05) is 26.2 Å². The minimum Gasteiger partial charge on any atom is -0.497 e. The Labute approximate surface area is 170 Å². The van der Waals surface area contributed by atoms with E-state index < -0.39 is 17.4 Å². The Morgan fingerprint density at radius 1 is 1.31 bits per heavy atom. The van der Waals surface area contributed by atoms with Crippen molar-refractivity contribution in [2.24, 2.45) is 11.8 Å². The summed E-state index contributed by atoms with van der Waals surface area (Å²) in [6.07, 6.45) is 4.49. The lowest BCUT2D eigenvalue weighted by Crippen LogP contribution is -2.46. The van der Waals surface area contributed by atoms with Crippen LogP contribution in [-0.2, 0) is 25.6 Å². The molecule has 4 atom stereocenters. The predicted octanol–water partition coefficient (Wildman–Crippen LogP) is 1.23. The third-order valence-corrected chi connectivity index (χ3v) is 6.51. The van der Waals surface area contributed by atoms with Crippen molar-refractivity contribution in [2.75, 3.05) is 40.0 Å². The van der Waals surface area contributed by atoms with Crippen molar-refractivity contribution in [3.8, 4) is 5.75 Å². The Morgan fingerprint density at radius 3 is 3.07 bits per heavy atom. The second kappa shape index (κ2) is 7.15. The summed E-state index contributed by atoms with van der Waals surface area (Å²) in [7, 11) is 1.63. The maximum absolute atomic E-state index is 13.4. The van der Waals surface area contributed by atoms with E-state index in [1.807, 2.05) is 46.2 Å². The molecule has 0 aromatic heterocycles. The summed E-state index contributed by atoms with van der Waals surface area (Å²) in [6.45, 7) is 3.43. The monoisotopic (exact) mass is 398 g/mol. The first-order chi connectivity index (χ1) is 14.1. The van der Waals surface area contributed by atoms with Crippen LogP contribution in [0.3, 0.4) is 0 Å². The maximum Gasteiger partial charge on any atom is 0.230 e. The summed E-state index contributed by atoms with van der Waals surface area (Å²) in [5.74, 6) is -0.0981. The quantitative estimate of drug-likeness (QED) is 0.714. The topological polar surface area (TPSA) is 68.3 Å². The molecule has 1 aromatic rings. The van der Waals surface area contributed by atoms with Gasteiger partial charge in [-0.25, -0.2) is 0 Å². The standard InChI is InChI=1S/C22H26N2O5/c1-27-16-5-2-4-15(12-16)13-24-14-22-7-6-17(29-22)18(19(22)21(24)26)20(25)23-8-3-10-28-11-9-23/h2,4-7,12,17-19H,3,8-11,13-14H2,1H3/t17-,18?,19?,22-/m0/s1. The van der Waals surface area contributed by atoms with Crippen molar-refractivity contribution in [2.45, 2.75) is 24.7 Å². The summed E-state index contributed by atoms with van der Waals surface area (Å²) in [5, 5.41) is 0. The van der Waals surface area contributed by atoms with Gasteiger partial charge in [0.05, 0.1) is 38.2 Å². The van der Waals surface area contributed by atoms with Gasteiger partial charge in [-0.15, -0.1) is 0 Å². The first-order valence-electron chi connectivity index (χ1n) is 10.3. The van der Waals surface area contributed by atoms with Crippen LogP contribution >= 0.6 is 0 Å². The van der Waals surface area contributed by atoms with E-state index in [2.05, 4.69) is 0 Å². The lowest BCUT2D eigenvalue weighted by molar-refractivity contribution is -0.143. The zero-order chi connectivity index (χ0) is 20.0. The Balaban J connectivity index is 1.37. The molecule has 2 amide bonds. The summed E-state index contributed by atoms with van der Waals surface area (Å²) in [5.41, 5.74) is 0.323. The highest BCUT2D eigenvalue weighted by atomic mass is 16.5. The molecular formula is C22H26N2O5. The fourth-order valence-corrected chi connectivity index (χ4v) is 5.16. The lowest BCUT2D eigenvalue weighted by atomic mass is 9.76. The number of amides is 2. The van der Waals surface area contributed by atoms with Crippen LogP contribution in [0.2, 0.25) is 0 Å². The first-order valence-corrected chi connectivity index (χ1v) is 10.3. The van der Waals surface area contributed by atoms with Gasteiger partial charge >= 0.3 is 0 Å². The van der Waals surface area contributed by atoms with E-state index in [4.69, 9.17) is 14.2 Å². The Hall–Kier alpha value is -2.38. The van der Waals surface area contributed by atoms with Crippen molar-refractivity contribution >= 4 is 11.8 Å². The van der Waals surface area contributed by atoms with Crippen molar-refractivity contribution in [3.63, 3.8) is 0 Å². The molecule has 29 heavy (non-hydrogen) atoms. The maximum atomic E-state index is 13.4. The molecule has 154 valence electrons. The number of fused-ring (bicyclic) bond motifs is 1. The average Bonchev–Trinajstić information content (AvgIpc) is 3.26. The molecule has 1 spiro atoms. The molecule has 0 aliphatic carbocycles. The van der Waals surface area contributed by atoms with Gasteiger partial charge in [-0.05, 0) is 24.1 Å². The number of carbonyl (C=O) groups is 2. The van der Waals surface area contributed by atoms with E-state index in [1.165, 1.54) is 0 Å². The number of hydrogen-bond acceptors (Lipinski definition) is 5.